The van der Waals surface area contributed by atoms with Crippen LogP contribution in [0.5, 0.6) is 0 Å². The summed E-state index contributed by atoms with van der Waals surface area (Å²) in [5, 5.41) is 10.7. The molecule has 1 saturated carbocycles. The Morgan fingerprint density at radius 1 is 0.950 bits per heavy atom. The van der Waals surface area contributed by atoms with Crippen molar-refractivity contribution in [2.45, 2.75) is 78.8 Å². The van der Waals surface area contributed by atoms with E-state index in [-0.39, 0.29) is 29.4 Å². The third kappa shape index (κ3) is 5.83. The van der Waals surface area contributed by atoms with Crippen LogP contribution in [-0.2, 0) is 10.2 Å². The first-order chi connectivity index (χ1) is 18.9. The fourth-order valence-electron chi connectivity index (χ4n) is 5.23. The molecule has 9 nitrogen and oxygen atoms in total. The first-order valence-electron chi connectivity index (χ1n) is 14.2. The fourth-order valence-corrected chi connectivity index (χ4v) is 5.23. The summed E-state index contributed by atoms with van der Waals surface area (Å²) >= 11 is 0. The molecule has 40 heavy (non-hydrogen) atoms. The highest BCUT2D eigenvalue weighted by molar-refractivity contribution is 5.99. The number of benzene rings is 1. The highest BCUT2D eigenvalue weighted by Gasteiger charge is 2.39. The molecule has 0 spiro atoms. The topological polar surface area (TPSA) is 95.4 Å². The molecular formula is C31H41N7O2. The lowest BCUT2D eigenvalue weighted by Crippen LogP contribution is -2.58. The van der Waals surface area contributed by atoms with Gasteiger partial charge in [0.2, 0.25) is 5.91 Å². The molecule has 3 heterocycles. The van der Waals surface area contributed by atoms with Crippen molar-refractivity contribution in [3.63, 3.8) is 0 Å². The van der Waals surface area contributed by atoms with E-state index in [4.69, 9.17) is 10.1 Å². The Balaban J connectivity index is 1.29. The number of carbonyl (C=O) groups excluding carboxylic acids is 2. The molecule has 212 valence electrons. The maximum absolute atomic E-state index is 13.1. The monoisotopic (exact) mass is 543 g/mol. The summed E-state index contributed by atoms with van der Waals surface area (Å²) in [6, 6.07) is 11.8. The van der Waals surface area contributed by atoms with Gasteiger partial charge in [0.15, 0.2) is 0 Å². The number of hydrogen-bond acceptors (Lipinski definition) is 5. The molecule has 2 atom stereocenters. The highest BCUT2D eigenvalue weighted by Crippen LogP contribution is 2.34. The minimum atomic E-state index is -0.364. The van der Waals surface area contributed by atoms with Crippen LogP contribution in [0.3, 0.4) is 0 Å². The average molecular weight is 544 g/mol. The molecule has 1 saturated heterocycles. The van der Waals surface area contributed by atoms with Gasteiger partial charge in [-0.15, -0.1) is 0 Å². The van der Waals surface area contributed by atoms with Crippen molar-refractivity contribution in [3.05, 3.63) is 59.4 Å². The summed E-state index contributed by atoms with van der Waals surface area (Å²) in [6.07, 6.45) is 3.74. The number of nitrogens with one attached hydrogen (secondary N) is 2. The third-order valence-corrected chi connectivity index (χ3v) is 7.77. The van der Waals surface area contributed by atoms with E-state index in [1.807, 2.05) is 55.1 Å². The second kappa shape index (κ2) is 10.6. The van der Waals surface area contributed by atoms with Crippen LogP contribution in [0.1, 0.15) is 64.3 Å². The summed E-state index contributed by atoms with van der Waals surface area (Å²) in [4.78, 5) is 34.9. The average Bonchev–Trinajstić information content (AvgIpc) is 3.65. The van der Waals surface area contributed by atoms with Crippen LogP contribution in [0, 0.1) is 19.8 Å². The zero-order valence-corrected chi connectivity index (χ0v) is 24.7. The summed E-state index contributed by atoms with van der Waals surface area (Å²) in [7, 11) is 0. The maximum Gasteiger partial charge on any atom is 0.324 e. The van der Waals surface area contributed by atoms with Crippen LogP contribution in [0.15, 0.2) is 42.6 Å². The Morgan fingerprint density at radius 2 is 1.65 bits per heavy atom. The molecule has 0 bridgehead atoms. The number of aryl methyl sites for hydroxylation is 2. The fraction of sp³-hybridized carbons (Fsp3) is 0.484. The van der Waals surface area contributed by atoms with Crippen molar-refractivity contribution in [1.29, 1.82) is 0 Å². The molecular weight excluding hydrogens is 502 g/mol. The zero-order valence-electron chi connectivity index (χ0n) is 24.7. The largest absolute Gasteiger partial charge is 0.350 e. The number of aromatic nitrogens is 3. The van der Waals surface area contributed by atoms with Gasteiger partial charge in [-0.2, -0.15) is 5.10 Å². The quantitative estimate of drug-likeness (QED) is 0.433. The van der Waals surface area contributed by atoms with Crippen LogP contribution < -0.4 is 15.5 Å². The van der Waals surface area contributed by atoms with Gasteiger partial charge < -0.3 is 15.1 Å². The van der Waals surface area contributed by atoms with Gasteiger partial charge in [0, 0.05) is 42.6 Å². The van der Waals surface area contributed by atoms with E-state index in [9.17, 15) is 9.59 Å². The van der Waals surface area contributed by atoms with Gasteiger partial charge in [-0.3, -0.25) is 10.1 Å². The SMILES string of the molecule is Cc1ccc(-n2nc(C(C)(C)C)cc2NC(=O)Nc2cnc(N3C[C@@H](C)N(C(=O)C4CC4)C[C@@H]3C)c(C)c2)cc1. The third-order valence-electron chi connectivity index (χ3n) is 7.77. The molecule has 9 heteroatoms. The van der Waals surface area contributed by atoms with Gasteiger partial charge in [-0.05, 0) is 64.3 Å². The number of rotatable bonds is 5. The molecule has 5 rings (SSSR count). The lowest BCUT2D eigenvalue weighted by molar-refractivity contribution is -0.135. The van der Waals surface area contributed by atoms with Gasteiger partial charge >= 0.3 is 6.03 Å². The summed E-state index contributed by atoms with van der Waals surface area (Å²) in [6.45, 7) is 16.0. The van der Waals surface area contributed by atoms with Gasteiger partial charge in [0.1, 0.15) is 11.6 Å². The van der Waals surface area contributed by atoms with Crippen LogP contribution >= 0.6 is 0 Å². The lowest BCUT2D eigenvalue weighted by Gasteiger charge is -2.45. The number of piperazine rings is 1. The Morgan fingerprint density at radius 3 is 2.27 bits per heavy atom. The molecule has 0 unspecified atom stereocenters. The lowest BCUT2D eigenvalue weighted by atomic mass is 9.92. The van der Waals surface area contributed by atoms with E-state index in [2.05, 4.69) is 50.2 Å². The van der Waals surface area contributed by atoms with E-state index in [1.165, 1.54) is 0 Å². The molecule has 2 N–H and O–H groups in total. The van der Waals surface area contributed by atoms with Crippen LogP contribution in [0.4, 0.5) is 22.1 Å². The molecule has 1 aliphatic carbocycles. The van der Waals surface area contributed by atoms with Crippen LogP contribution in [0.2, 0.25) is 0 Å². The van der Waals surface area contributed by atoms with Gasteiger partial charge in [0.05, 0.1) is 23.3 Å². The number of anilines is 3. The minimum absolute atomic E-state index is 0.130. The van der Waals surface area contributed by atoms with Crippen LogP contribution in [0.25, 0.3) is 5.69 Å². The highest BCUT2D eigenvalue weighted by atomic mass is 16.2. The minimum Gasteiger partial charge on any atom is -0.350 e. The predicted molar refractivity (Wildman–Crippen MR) is 159 cm³/mol. The zero-order chi connectivity index (χ0) is 28.8. The van der Waals surface area contributed by atoms with E-state index >= 15 is 0 Å². The predicted octanol–water partition coefficient (Wildman–Crippen LogP) is 5.66. The number of nitrogens with zero attached hydrogens (tertiary/aromatic N) is 5. The number of urea groups is 1. The summed E-state index contributed by atoms with van der Waals surface area (Å²) in [5.74, 6) is 2.01. The van der Waals surface area contributed by atoms with Gasteiger partial charge in [-0.25, -0.2) is 14.5 Å². The number of carbonyl (C=O) groups is 2. The maximum atomic E-state index is 13.1. The number of amides is 3. The summed E-state index contributed by atoms with van der Waals surface area (Å²) < 4.78 is 1.77. The van der Waals surface area contributed by atoms with Crippen molar-refractivity contribution in [2.75, 3.05) is 28.6 Å². The molecule has 2 aromatic heterocycles. The van der Waals surface area contributed by atoms with Crippen molar-refractivity contribution in [1.82, 2.24) is 19.7 Å². The molecule has 1 aliphatic heterocycles. The van der Waals surface area contributed by atoms with Crippen LogP contribution in [-0.4, -0.2) is 56.8 Å². The van der Waals surface area contributed by atoms with E-state index in [0.29, 0.717) is 24.0 Å². The van der Waals surface area contributed by atoms with Crippen molar-refractivity contribution < 1.29 is 9.59 Å². The molecule has 2 fully saturated rings. The Hall–Kier alpha value is -3.88. The first kappa shape index (κ1) is 27.7. The first-order valence-corrected chi connectivity index (χ1v) is 14.2. The molecule has 3 aromatic rings. The normalized spacial score (nSPS) is 19.5. The molecule has 1 aromatic carbocycles. The Bertz CT molecular complexity index is 1400. The van der Waals surface area contributed by atoms with Crippen molar-refractivity contribution >= 4 is 29.3 Å². The number of pyridine rings is 1. The van der Waals surface area contributed by atoms with E-state index < -0.39 is 0 Å². The Labute approximate surface area is 237 Å². The van der Waals surface area contributed by atoms with E-state index in [1.54, 1.807) is 10.9 Å². The van der Waals surface area contributed by atoms with Crippen molar-refractivity contribution in [2.24, 2.45) is 5.92 Å². The summed E-state index contributed by atoms with van der Waals surface area (Å²) in [5.41, 5.74) is 4.32. The second-order valence-electron chi connectivity index (χ2n) is 12.5. The van der Waals surface area contributed by atoms with Gasteiger partial charge in [-0.1, -0.05) is 38.5 Å². The number of hydrogen-bond donors (Lipinski definition) is 2. The van der Waals surface area contributed by atoms with Crippen molar-refractivity contribution in [3.8, 4) is 5.69 Å². The molecule has 3 amide bonds. The standard InChI is InChI=1S/C31H41N7O2/c1-19-8-12-25(13-9-19)38-27(15-26(35-38)31(5,6)7)34-30(40)33-24-14-20(2)28(32-16-24)36-17-22(4)37(18-21(36)3)29(39)23-10-11-23/h8-9,12-16,21-23H,10-11,17-18H2,1-7H3,(H2,33,34,40)/t21-,22+/m0/s1. The molecule has 0 radical (unpaired) electrons. The smallest absolute Gasteiger partial charge is 0.324 e. The van der Waals surface area contributed by atoms with E-state index in [0.717, 1.165) is 47.7 Å². The molecule has 2 aliphatic rings. The second-order valence-corrected chi connectivity index (χ2v) is 12.5. The van der Waals surface area contributed by atoms with Gasteiger partial charge in [0.25, 0.3) is 0 Å². The Kier molecular flexibility index (Phi) is 7.33.